The van der Waals surface area contributed by atoms with Gasteiger partial charge in [0, 0.05) is 26.1 Å². The number of hydrogen-bond donors (Lipinski definition) is 0. The lowest BCUT2D eigenvalue weighted by molar-refractivity contribution is -0.146. The van der Waals surface area contributed by atoms with Crippen molar-refractivity contribution >= 4 is 91.9 Å². The maximum absolute atomic E-state index is 13.1. The molecule has 2 unspecified atom stereocenters. The summed E-state index contributed by atoms with van der Waals surface area (Å²) in [7, 11) is -11.1. The normalized spacial score (nSPS) is 18.9. The molecule has 10 rings (SSSR count). The average Bonchev–Trinajstić information content (AvgIpc) is 0.774. The van der Waals surface area contributed by atoms with Crippen molar-refractivity contribution in [3.8, 4) is 34.5 Å². The molecule has 0 aromatic heterocycles. The molecule has 0 amide bonds. The van der Waals surface area contributed by atoms with Crippen LogP contribution in [0, 0.1) is 47.3 Å². The summed E-state index contributed by atoms with van der Waals surface area (Å²) in [6, 6.07) is 49.4. The molecule has 0 radical (unpaired) electrons. The van der Waals surface area contributed by atoms with Gasteiger partial charge in [-0.1, -0.05) is 203 Å². The van der Waals surface area contributed by atoms with Crippen LogP contribution in [-0.4, -0.2) is 148 Å². The summed E-state index contributed by atoms with van der Waals surface area (Å²) in [5, 5.41) is 2.07. The molecule has 6 aromatic carbocycles. The highest BCUT2D eigenvalue weighted by atomic mass is 28.5. The van der Waals surface area contributed by atoms with E-state index in [4.69, 9.17) is 69.2 Å². The molecule has 0 saturated heterocycles. The van der Waals surface area contributed by atoms with E-state index in [1.807, 2.05) is 36.4 Å². The van der Waals surface area contributed by atoms with Crippen LogP contribution < -0.4 is 38.8 Å². The lowest BCUT2D eigenvalue weighted by Crippen LogP contribution is -2.68. The first-order valence-electron chi connectivity index (χ1n) is 56.8. The second-order valence-corrected chi connectivity index (χ2v) is 58.6. The highest BCUT2D eigenvalue weighted by Gasteiger charge is 2.51. The molecule has 0 spiro atoms. The number of carbonyl (C=O) groups is 8. The molecule has 147 heavy (non-hydrogen) atoms. The average molecular weight is 2100 g/mol. The number of benzene rings is 6. The summed E-state index contributed by atoms with van der Waals surface area (Å²) in [4.78, 5) is 102. The second kappa shape index (κ2) is 67.6. The Morgan fingerprint density at radius 3 is 0.871 bits per heavy atom. The van der Waals surface area contributed by atoms with E-state index < -0.39 is 45.7 Å². The standard InChI is InChI=1S/C120H178O23Si4/c1-9-11-25-41-95-49-53-97(54-50-95)99-57-61-101(62-58-99)117(125)137-107-73-77-109(78-74-107)139-119(127)103-65-69-105(70-66-103)131-85-33-17-13-15-19-35-87-133-113(121)47-31-23-37-89-135-115(123)81-91-129-83-39-93-144(3,4)141-146(7,111-43-27-21-28-44-111)143-147(8,112-45-29-22-30-46-112)142-145(5,6)94-40-84-130-92-82-116(124)136-90-38-24-32-48-114(122)134-88-36-20-16-14-18-34-86-132-106-71-67-104(68-72-106)120(128)140-110-79-75-108(76-80-110)138-118(126)102-63-59-100(60-64-102)98-55-51-96(52-56-98)42-26-12-10-2/h21-22,27-30,43-46,65-80,95-102H,9-20,23-26,31-42,47-64,81-94H2,1-8H3. The molecule has 4 saturated carbocycles. The monoisotopic (exact) mass is 2100 g/mol. The summed E-state index contributed by atoms with van der Waals surface area (Å²) >= 11 is 0. The van der Waals surface area contributed by atoms with E-state index in [9.17, 15) is 38.4 Å². The molecule has 0 aliphatic heterocycles. The Labute approximate surface area is 884 Å². The SMILES string of the molecule is CCCCCC1CCC(C2CCC(C(=O)Oc3ccc(OC(=O)c4ccc(OCCCCCCCCOC(=O)CCCCCOC(=O)CCOCCC[Si](C)(C)O[Si](C)(O[Si](C)(O[Si](C)(C)CCCOCCC(=O)OCCCCCC(=O)OCCCCCCCCOc5ccc(C(=O)Oc6ccc(OC(=O)C7CCC(C8CCC(CCCCC)CC8)CC7)cc6)cc5)c5ccccc5)c5ccccc5)cc4)cc3)CC2)CC1. The molecular weight excluding hydrogens is 1920 g/mol. The van der Waals surface area contributed by atoms with E-state index in [0.29, 0.717) is 124 Å². The fourth-order valence-electron chi connectivity index (χ4n) is 21.5. The van der Waals surface area contributed by atoms with Gasteiger partial charge in [-0.3, -0.25) is 28.8 Å². The minimum atomic E-state index is -3.17. The quantitative estimate of drug-likeness (QED) is 0.0113. The third-order valence-electron chi connectivity index (χ3n) is 30.1. The first-order chi connectivity index (χ1) is 71.3. The largest absolute Gasteiger partial charge is 0.494 e. The van der Waals surface area contributed by atoms with Crippen molar-refractivity contribution in [1.82, 2.24) is 0 Å². The highest BCUT2D eigenvalue weighted by molar-refractivity contribution is 6.99. The molecule has 23 nitrogen and oxygen atoms in total. The van der Waals surface area contributed by atoms with E-state index in [-0.39, 0.29) is 86.9 Å². The van der Waals surface area contributed by atoms with Crippen molar-refractivity contribution in [2.24, 2.45) is 47.3 Å². The molecule has 2 atom stereocenters. The van der Waals surface area contributed by atoms with Gasteiger partial charge in [-0.15, -0.1) is 0 Å². The van der Waals surface area contributed by atoms with Gasteiger partial charge >= 0.3 is 64.9 Å². The van der Waals surface area contributed by atoms with Crippen LogP contribution in [0.25, 0.3) is 0 Å². The fraction of sp³-hybridized carbons (Fsp3) is 0.633. The zero-order chi connectivity index (χ0) is 104. The summed E-state index contributed by atoms with van der Waals surface area (Å²) in [6.07, 6.45) is 48.0. The van der Waals surface area contributed by atoms with Gasteiger partial charge in [0.1, 0.15) is 34.5 Å². The minimum absolute atomic E-state index is 0.0667. The molecule has 0 N–H and O–H groups in total. The molecule has 0 bridgehead atoms. The van der Waals surface area contributed by atoms with Crippen molar-refractivity contribution in [3.05, 3.63) is 169 Å². The summed E-state index contributed by atoms with van der Waals surface area (Å²) in [6.45, 7) is 21.8. The van der Waals surface area contributed by atoms with Gasteiger partial charge in [-0.05, 0) is 348 Å². The van der Waals surface area contributed by atoms with E-state index in [0.717, 1.165) is 212 Å². The van der Waals surface area contributed by atoms with Crippen LogP contribution >= 0.6 is 0 Å². The van der Waals surface area contributed by atoms with Crippen molar-refractivity contribution < 1.29 is 108 Å². The maximum atomic E-state index is 13.1. The number of carbonyl (C=O) groups excluding carboxylic acids is 8. The third kappa shape index (κ3) is 47.0. The van der Waals surface area contributed by atoms with Crippen LogP contribution in [0.3, 0.4) is 0 Å². The maximum Gasteiger partial charge on any atom is 0.350 e. The van der Waals surface area contributed by atoms with Crippen LogP contribution in [0.4, 0.5) is 0 Å². The minimum Gasteiger partial charge on any atom is -0.494 e. The Bertz CT molecular complexity index is 4410. The van der Waals surface area contributed by atoms with E-state index >= 15 is 0 Å². The predicted molar refractivity (Wildman–Crippen MR) is 588 cm³/mol. The Morgan fingerprint density at radius 2 is 0.544 bits per heavy atom. The van der Waals surface area contributed by atoms with Gasteiger partial charge in [0.15, 0.2) is 16.6 Å². The fourth-order valence-corrected chi connectivity index (χ4v) is 40.3. The van der Waals surface area contributed by atoms with Gasteiger partial charge in [0.05, 0.1) is 88.7 Å². The van der Waals surface area contributed by atoms with Crippen LogP contribution in [0.5, 0.6) is 34.5 Å². The van der Waals surface area contributed by atoms with Gasteiger partial charge in [0.2, 0.25) is 0 Å². The Balaban J connectivity index is 0.478. The molecule has 27 heteroatoms. The lowest BCUT2D eigenvalue weighted by Gasteiger charge is -2.44. The molecule has 812 valence electrons. The second-order valence-electron chi connectivity index (χ2n) is 43.2. The number of esters is 8. The molecule has 6 aromatic rings. The van der Waals surface area contributed by atoms with Gasteiger partial charge in [-0.25, -0.2) is 9.59 Å². The number of hydrogen-bond acceptors (Lipinski definition) is 23. The van der Waals surface area contributed by atoms with Crippen molar-refractivity contribution in [3.63, 3.8) is 0 Å². The smallest absolute Gasteiger partial charge is 0.350 e. The van der Waals surface area contributed by atoms with Crippen LogP contribution in [0.2, 0.25) is 51.4 Å². The van der Waals surface area contributed by atoms with E-state index in [1.54, 1.807) is 97.1 Å². The lowest BCUT2D eigenvalue weighted by atomic mass is 9.68. The number of unbranched alkanes of at least 4 members (excludes halogenated alkanes) is 18. The predicted octanol–water partition coefficient (Wildman–Crippen LogP) is 27.8. The van der Waals surface area contributed by atoms with Gasteiger partial charge < -0.3 is 69.2 Å². The van der Waals surface area contributed by atoms with E-state index in [1.165, 1.54) is 103 Å². The first-order valence-corrected chi connectivity index (χ1v) is 67.7. The van der Waals surface area contributed by atoms with Gasteiger partial charge in [-0.2, -0.15) is 0 Å². The van der Waals surface area contributed by atoms with Crippen molar-refractivity contribution in [2.75, 3.05) is 66.1 Å². The zero-order valence-corrected chi connectivity index (χ0v) is 94.4. The molecule has 4 aliphatic carbocycles. The summed E-state index contributed by atoms with van der Waals surface area (Å²) in [5.74, 6) is 5.51. The van der Waals surface area contributed by atoms with Crippen LogP contribution in [0.15, 0.2) is 158 Å². The highest BCUT2D eigenvalue weighted by Crippen LogP contribution is 2.45. The molecular formula is C120H178O23Si4. The molecule has 4 fully saturated rings. The van der Waals surface area contributed by atoms with Crippen LogP contribution in [-0.2, 0) is 69.5 Å². The Hall–Kier alpha value is -8.65. The Morgan fingerprint density at radius 1 is 0.259 bits per heavy atom. The van der Waals surface area contributed by atoms with Gasteiger partial charge in [0.25, 0.3) is 0 Å². The van der Waals surface area contributed by atoms with Crippen LogP contribution in [0.1, 0.15) is 343 Å². The molecule has 4 aliphatic rings. The van der Waals surface area contributed by atoms with Crippen molar-refractivity contribution in [2.45, 2.75) is 373 Å². The summed E-state index contributed by atoms with van der Waals surface area (Å²) < 4.78 is 91.0. The molecule has 0 heterocycles. The Kier molecular flexibility index (Phi) is 55.3. The van der Waals surface area contributed by atoms with E-state index in [2.05, 4.69) is 77.4 Å². The summed E-state index contributed by atoms with van der Waals surface area (Å²) in [5.41, 5.74) is 0.808. The number of ether oxygens (including phenoxy) is 12. The van der Waals surface area contributed by atoms with Crippen molar-refractivity contribution in [1.29, 1.82) is 0 Å². The first kappa shape index (κ1) is 120. The number of rotatable bonds is 72. The zero-order valence-electron chi connectivity index (χ0n) is 90.4. The third-order valence-corrected chi connectivity index (χ3v) is 46.7. The topological polar surface area (TPSA) is 275 Å².